The number of nitrogens with zero attached hydrogens (tertiary/aromatic N) is 5. The summed E-state index contributed by atoms with van der Waals surface area (Å²) >= 11 is 1.06. The maximum absolute atomic E-state index is 13.1. The van der Waals surface area contributed by atoms with E-state index in [9.17, 15) is 18.0 Å². The molecular weight excluding hydrogens is 618 g/mol. The monoisotopic (exact) mass is 651 g/mol. The van der Waals surface area contributed by atoms with Crippen molar-refractivity contribution in [2.75, 3.05) is 25.5 Å². The summed E-state index contributed by atoms with van der Waals surface area (Å²) in [5.74, 6) is -1.19. The van der Waals surface area contributed by atoms with Crippen molar-refractivity contribution < 1.29 is 36.4 Å². The number of carbonyl (C=O) groups is 2. The molecule has 0 unspecified atom stereocenters. The molecule has 3 aromatic rings. The van der Waals surface area contributed by atoms with Crippen molar-refractivity contribution in [1.29, 1.82) is 5.41 Å². The molecule has 1 aliphatic rings. The molecule has 19 heteroatoms. The van der Waals surface area contributed by atoms with Crippen LogP contribution >= 0.6 is 11.3 Å². The van der Waals surface area contributed by atoms with Crippen LogP contribution in [0.5, 0.6) is 5.75 Å². The number of aryl methyl sites for hydroxylation is 1. The zero-order valence-corrected chi connectivity index (χ0v) is 25.7. The number of oxime groups is 1. The van der Waals surface area contributed by atoms with Crippen LogP contribution in [0.25, 0.3) is 11.3 Å². The summed E-state index contributed by atoms with van der Waals surface area (Å²) in [6.45, 7) is 4.08. The van der Waals surface area contributed by atoms with Gasteiger partial charge in [-0.3, -0.25) is 19.6 Å². The van der Waals surface area contributed by atoms with Crippen LogP contribution in [0.1, 0.15) is 26.0 Å². The van der Waals surface area contributed by atoms with Crippen molar-refractivity contribution >= 4 is 44.4 Å². The summed E-state index contributed by atoms with van der Waals surface area (Å²) in [5, 5.41) is 16.7. The average molecular weight is 652 g/mol. The molecule has 3 heterocycles. The number of β-lactam (4-membered cyclic amide) rings is 1. The number of aromatic nitrogens is 3. The standard InChI is InChI=1S/C25H33N9O8S2/c1-25(2)20(22(36)34(25)42-44(37,38)39)30-21(35)19(17-14-43-23(27)29-17)31-41-12-11-40-16-7-5-15(6-8-16)18-13-33(10-4-9-26)24(28)32(18)3/h5-8,13-14,20,28H,4,9-12,26H2,1-3H3,(H2,27,29)(H,30,35)(H,37,38,39)/b28-24?,31-19-/t20-/m1/s1. The van der Waals surface area contributed by atoms with E-state index < -0.39 is 33.8 Å². The molecule has 1 fully saturated rings. The molecule has 0 bridgehead atoms. The fourth-order valence-electron chi connectivity index (χ4n) is 4.35. The van der Waals surface area contributed by atoms with Gasteiger partial charge in [-0.05, 0) is 56.6 Å². The molecular formula is C25H33N9O8S2. The second-order valence-electron chi connectivity index (χ2n) is 10.1. The number of nitrogen functional groups attached to an aromatic ring is 1. The molecule has 1 atom stereocenters. The third kappa shape index (κ3) is 7.25. The number of hydroxylamine groups is 2. The number of ether oxygens (including phenoxy) is 1. The Morgan fingerprint density at radius 3 is 2.57 bits per heavy atom. The van der Waals surface area contributed by atoms with E-state index in [-0.39, 0.29) is 29.8 Å². The number of hydrogen-bond acceptors (Lipinski definition) is 13. The van der Waals surface area contributed by atoms with E-state index in [2.05, 4.69) is 19.7 Å². The predicted molar refractivity (Wildman–Crippen MR) is 158 cm³/mol. The number of amides is 2. The molecule has 0 aliphatic carbocycles. The van der Waals surface area contributed by atoms with Gasteiger partial charge in [-0.2, -0.15) is 13.5 Å². The van der Waals surface area contributed by atoms with E-state index in [1.807, 2.05) is 29.9 Å². The van der Waals surface area contributed by atoms with Gasteiger partial charge in [0.25, 0.3) is 11.8 Å². The van der Waals surface area contributed by atoms with Gasteiger partial charge in [0.15, 0.2) is 17.5 Å². The Bertz CT molecular complexity index is 1710. The van der Waals surface area contributed by atoms with Gasteiger partial charge in [0.05, 0.1) is 11.2 Å². The number of nitrogens with one attached hydrogen (secondary N) is 2. The van der Waals surface area contributed by atoms with E-state index >= 15 is 0 Å². The minimum atomic E-state index is -4.95. The summed E-state index contributed by atoms with van der Waals surface area (Å²) in [5.41, 5.74) is 11.9. The van der Waals surface area contributed by atoms with E-state index in [4.69, 9.17) is 31.0 Å². The lowest BCUT2D eigenvalue weighted by Gasteiger charge is -2.50. The first kappa shape index (κ1) is 32.6. The van der Waals surface area contributed by atoms with Gasteiger partial charge in [-0.1, -0.05) is 5.16 Å². The first-order chi connectivity index (χ1) is 20.7. The zero-order chi connectivity index (χ0) is 32.2. The van der Waals surface area contributed by atoms with Crippen LogP contribution in [0.4, 0.5) is 5.13 Å². The fraction of sp³-hybridized carbons (Fsp3) is 0.400. The van der Waals surface area contributed by atoms with E-state index in [0.717, 1.165) is 29.0 Å². The Labute approximate surface area is 256 Å². The Morgan fingerprint density at radius 1 is 1.27 bits per heavy atom. The maximum atomic E-state index is 13.1. The average Bonchev–Trinajstić information content (AvgIpc) is 3.52. The number of carbonyl (C=O) groups excluding carboxylic acids is 2. The third-order valence-electron chi connectivity index (χ3n) is 6.68. The van der Waals surface area contributed by atoms with Crippen molar-refractivity contribution in [3.8, 4) is 17.0 Å². The van der Waals surface area contributed by atoms with Crippen molar-refractivity contribution in [3.63, 3.8) is 0 Å². The fourth-order valence-corrected chi connectivity index (χ4v) is 5.35. The van der Waals surface area contributed by atoms with Gasteiger partial charge in [-0.15, -0.1) is 15.6 Å². The number of imidazole rings is 1. The minimum Gasteiger partial charge on any atom is -0.490 e. The predicted octanol–water partition coefficient (Wildman–Crippen LogP) is 0.000270. The molecule has 0 spiro atoms. The third-order valence-corrected chi connectivity index (χ3v) is 7.69. The van der Waals surface area contributed by atoms with Crippen LogP contribution in [0.2, 0.25) is 0 Å². The summed E-state index contributed by atoms with van der Waals surface area (Å²) in [6.07, 6.45) is 2.68. The van der Waals surface area contributed by atoms with Crippen LogP contribution in [0, 0.1) is 5.41 Å². The quantitative estimate of drug-likeness (QED) is 0.0511. The highest BCUT2D eigenvalue weighted by atomic mass is 32.3. The first-order valence-electron chi connectivity index (χ1n) is 13.2. The molecule has 1 aromatic carbocycles. The van der Waals surface area contributed by atoms with Gasteiger partial charge in [0.1, 0.15) is 24.1 Å². The molecule has 238 valence electrons. The van der Waals surface area contributed by atoms with Gasteiger partial charge < -0.3 is 35.5 Å². The van der Waals surface area contributed by atoms with E-state index in [1.54, 1.807) is 16.7 Å². The number of nitrogens with two attached hydrogens (primary N) is 2. The van der Waals surface area contributed by atoms with Crippen LogP contribution < -0.4 is 27.1 Å². The highest BCUT2D eigenvalue weighted by Gasteiger charge is 2.58. The SMILES string of the molecule is Cn1c(-c2ccc(OCCO/N=C(\C(=O)N[C@@H]3C(=O)N(OS(=O)(=O)O)C3(C)C)c3csc(N)n3)cc2)cn(CCCN)c1=N. The number of thiazole rings is 1. The number of anilines is 1. The second kappa shape index (κ2) is 13.1. The topological polar surface area (TPSA) is 242 Å². The van der Waals surface area contributed by atoms with Crippen LogP contribution in [0.15, 0.2) is 41.0 Å². The normalized spacial score (nSPS) is 16.5. The van der Waals surface area contributed by atoms with E-state index in [1.165, 1.54) is 19.2 Å². The van der Waals surface area contributed by atoms with Crippen molar-refractivity contribution in [2.24, 2.45) is 17.9 Å². The Kier molecular flexibility index (Phi) is 9.74. The molecule has 7 N–H and O–H groups in total. The number of benzene rings is 1. The summed E-state index contributed by atoms with van der Waals surface area (Å²) in [6, 6.07) is 6.10. The molecule has 0 radical (unpaired) electrons. The first-order valence-corrected chi connectivity index (χ1v) is 15.4. The lowest BCUT2D eigenvalue weighted by molar-refractivity contribution is -0.218. The lowest BCUT2D eigenvalue weighted by atomic mass is 9.84. The second-order valence-corrected chi connectivity index (χ2v) is 12.0. The molecule has 0 saturated carbocycles. The Morgan fingerprint density at radius 2 is 1.98 bits per heavy atom. The minimum absolute atomic E-state index is 0.0524. The Balaban J connectivity index is 1.36. The van der Waals surface area contributed by atoms with Crippen molar-refractivity contribution in [2.45, 2.75) is 38.4 Å². The molecule has 2 aromatic heterocycles. The van der Waals surface area contributed by atoms with Crippen molar-refractivity contribution in [1.82, 2.24) is 24.5 Å². The molecule has 17 nitrogen and oxygen atoms in total. The maximum Gasteiger partial charge on any atom is 0.418 e. The highest BCUT2D eigenvalue weighted by molar-refractivity contribution is 7.80. The molecule has 4 rings (SSSR count). The lowest BCUT2D eigenvalue weighted by Crippen LogP contribution is -2.76. The number of hydrogen-bond donors (Lipinski definition) is 5. The molecule has 1 saturated heterocycles. The summed E-state index contributed by atoms with van der Waals surface area (Å²) in [7, 11) is -3.13. The smallest absolute Gasteiger partial charge is 0.418 e. The molecule has 44 heavy (non-hydrogen) atoms. The van der Waals surface area contributed by atoms with Crippen molar-refractivity contribution in [3.05, 3.63) is 47.2 Å². The van der Waals surface area contributed by atoms with Crippen LogP contribution in [0.3, 0.4) is 0 Å². The van der Waals surface area contributed by atoms with Gasteiger partial charge in [-0.25, -0.2) is 4.98 Å². The van der Waals surface area contributed by atoms with Gasteiger partial charge >= 0.3 is 10.4 Å². The molecule has 2 amide bonds. The Hall–Kier alpha value is -4.30. The van der Waals surface area contributed by atoms with Gasteiger partial charge in [0.2, 0.25) is 5.62 Å². The highest BCUT2D eigenvalue weighted by Crippen LogP contribution is 2.33. The zero-order valence-electron chi connectivity index (χ0n) is 24.1. The summed E-state index contributed by atoms with van der Waals surface area (Å²) < 4.78 is 44.7. The molecule has 1 aliphatic heterocycles. The summed E-state index contributed by atoms with van der Waals surface area (Å²) in [4.78, 5) is 34.9. The van der Waals surface area contributed by atoms with Gasteiger partial charge in [0, 0.05) is 25.2 Å². The largest absolute Gasteiger partial charge is 0.490 e. The van der Waals surface area contributed by atoms with Crippen LogP contribution in [-0.4, -0.2) is 81.0 Å². The van der Waals surface area contributed by atoms with E-state index in [0.29, 0.717) is 29.5 Å². The number of rotatable bonds is 14. The van der Waals surface area contributed by atoms with Crippen LogP contribution in [-0.2, 0) is 42.7 Å².